The number of pyridine rings is 1. The van der Waals surface area contributed by atoms with Crippen LogP contribution in [0.25, 0.3) is 0 Å². The van der Waals surface area contributed by atoms with Gasteiger partial charge < -0.3 is 9.80 Å². The number of nitrogens with zero attached hydrogens (tertiary/aromatic N) is 5. The highest BCUT2D eigenvalue weighted by atomic mass is 35.5. The van der Waals surface area contributed by atoms with Crippen molar-refractivity contribution in [2.24, 2.45) is 0 Å². The van der Waals surface area contributed by atoms with E-state index in [9.17, 15) is 23.3 Å². The number of hydrogen-bond donors (Lipinski definition) is 0. The number of benzene rings is 1. The van der Waals surface area contributed by atoms with Gasteiger partial charge in [0.2, 0.25) is 15.9 Å². The molecule has 2 aromatic rings. The van der Waals surface area contributed by atoms with E-state index in [2.05, 4.69) is 4.98 Å². The average Bonchev–Trinajstić information content (AvgIpc) is 2.77. The summed E-state index contributed by atoms with van der Waals surface area (Å²) < 4.78 is 25.3. The molecular formula is C19H22ClN5O5S2. The smallest absolute Gasteiger partial charge is 0.294 e. The molecule has 0 unspecified atom stereocenters. The highest BCUT2D eigenvalue weighted by Gasteiger charge is 2.26. The van der Waals surface area contributed by atoms with Crippen molar-refractivity contribution in [3.05, 3.63) is 51.7 Å². The first-order valence-electron chi connectivity index (χ1n) is 9.57. The zero-order valence-corrected chi connectivity index (χ0v) is 19.9. The van der Waals surface area contributed by atoms with Gasteiger partial charge in [0.25, 0.3) is 5.69 Å². The van der Waals surface area contributed by atoms with Crippen LogP contribution in [0.4, 0.5) is 11.4 Å². The highest BCUT2D eigenvalue weighted by Crippen LogP contribution is 2.31. The molecule has 2 heterocycles. The van der Waals surface area contributed by atoms with Gasteiger partial charge in [-0.05, 0) is 24.3 Å². The molecule has 172 valence electrons. The minimum atomic E-state index is -3.55. The minimum absolute atomic E-state index is 0.0568. The SMILES string of the molecule is CN(C)S(=O)(=O)c1ccc(SCC(=O)N2CCN(c3ccc(Cl)cc3[N+](=O)[O-])CC2)nc1. The predicted molar refractivity (Wildman–Crippen MR) is 123 cm³/mol. The molecule has 1 aromatic carbocycles. The van der Waals surface area contributed by atoms with Crippen LogP contribution in [-0.4, -0.2) is 79.5 Å². The van der Waals surface area contributed by atoms with Crippen LogP contribution >= 0.6 is 23.4 Å². The van der Waals surface area contributed by atoms with E-state index >= 15 is 0 Å². The molecule has 10 nitrogen and oxygen atoms in total. The Balaban J connectivity index is 1.55. The molecule has 0 atom stereocenters. The third kappa shape index (κ3) is 5.49. The Hall–Kier alpha value is -2.41. The number of piperazine rings is 1. The summed E-state index contributed by atoms with van der Waals surface area (Å²) in [6, 6.07) is 7.60. The topological polar surface area (TPSA) is 117 Å². The fraction of sp³-hybridized carbons (Fsp3) is 0.368. The number of nitro benzene ring substituents is 1. The van der Waals surface area contributed by atoms with E-state index < -0.39 is 14.9 Å². The minimum Gasteiger partial charge on any atom is -0.362 e. The summed E-state index contributed by atoms with van der Waals surface area (Å²) in [5.74, 6) is 0.0838. The van der Waals surface area contributed by atoms with Gasteiger partial charge in [0.1, 0.15) is 10.6 Å². The third-order valence-electron chi connectivity index (χ3n) is 4.94. The Kier molecular flexibility index (Phi) is 7.59. The number of amides is 1. The lowest BCUT2D eigenvalue weighted by Gasteiger charge is -2.35. The second-order valence-electron chi connectivity index (χ2n) is 7.17. The number of nitro groups is 1. The van der Waals surface area contributed by atoms with Crippen molar-refractivity contribution in [1.82, 2.24) is 14.2 Å². The maximum absolute atomic E-state index is 12.6. The van der Waals surface area contributed by atoms with Crippen LogP contribution in [0.3, 0.4) is 0 Å². The molecule has 32 heavy (non-hydrogen) atoms. The van der Waals surface area contributed by atoms with E-state index in [1.54, 1.807) is 23.1 Å². The summed E-state index contributed by atoms with van der Waals surface area (Å²) in [6.45, 7) is 1.81. The Labute approximate surface area is 195 Å². The first-order chi connectivity index (χ1) is 15.1. The zero-order chi connectivity index (χ0) is 23.5. The molecule has 0 spiro atoms. The molecule has 3 rings (SSSR count). The summed E-state index contributed by atoms with van der Waals surface area (Å²) in [7, 11) is -0.657. The summed E-state index contributed by atoms with van der Waals surface area (Å²) in [5.41, 5.74) is 0.427. The van der Waals surface area contributed by atoms with Crippen LogP contribution in [-0.2, 0) is 14.8 Å². The van der Waals surface area contributed by atoms with Crippen molar-refractivity contribution in [2.45, 2.75) is 9.92 Å². The van der Waals surface area contributed by atoms with Gasteiger partial charge in [0.15, 0.2) is 0 Å². The molecule has 1 fully saturated rings. The number of sulfonamides is 1. The van der Waals surface area contributed by atoms with E-state index in [-0.39, 0.29) is 22.2 Å². The highest BCUT2D eigenvalue weighted by molar-refractivity contribution is 7.99. The van der Waals surface area contributed by atoms with Crippen molar-refractivity contribution in [1.29, 1.82) is 0 Å². The Morgan fingerprint density at radius 2 is 1.91 bits per heavy atom. The molecule has 0 saturated carbocycles. The maximum atomic E-state index is 12.6. The van der Waals surface area contributed by atoms with Crippen molar-refractivity contribution < 1.29 is 18.1 Å². The van der Waals surface area contributed by atoms with Crippen LogP contribution in [0.15, 0.2) is 46.5 Å². The van der Waals surface area contributed by atoms with Gasteiger partial charge in [0, 0.05) is 57.6 Å². The zero-order valence-electron chi connectivity index (χ0n) is 17.5. The van der Waals surface area contributed by atoms with Gasteiger partial charge in [-0.25, -0.2) is 17.7 Å². The van der Waals surface area contributed by atoms with Crippen molar-refractivity contribution in [3.8, 4) is 0 Å². The molecule has 0 bridgehead atoms. The number of hydrogen-bond acceptors (Lipinski definition) is 8. The maximum Gasteiger partial charge on any atom is 0.294 e. The fourth-order valence-electron chi connectivity index (χ4n) is 3.15. The molecule has 1 aromatic heterocycles. The van der Waals surface area contributed by atoms with Gasteiger partial charge in [-0.1, -0.05) is 23.4 Å². The van der Waals surface area contributed by atoms with E-state index in [0.29, 0.717) is 41.9 Å². The number of aromatic nitrogens is 1. The Morgan fingerprint density at radius 1 is 1.22 bits per heavy atom. The van der Waals surface area contributed by atoms with Crippen LogP contribution in [0.2, 0.25) is 5.02 Å². The lowest BCUT2D eigenvalue weighted by molar-refractivity contribution is -0.384. The molecule has 1 aliphatic heterocycles. The van der Waals surface area contributed by atoms with Crippen LogP contribution in [0, 0.1) is 10.1 Å². The quantitative estimate of drug-likeness (QED) is 0.323. The number of rotatable bonds is 7. The first-order valence-corrected chi connectivity index (χ1v) is 12.4. The molecule has 1 aliphatic rings. The number of thioether (sulfide) groups is 1. The Morgan fingerprint density at radius 3 is 2.47 bits per heavy atom. The van der Waals surface area contributed by atoms with Gasteiger partial charge in [-0.15, -0.1) is 0 Å². The monoisotopic (exact) mass is 499 g/mol. The normalized spacial score (nSPS) is 14.6. The average molecular weight is 500 g/mol. The predicted octanol–water partition coefficient (Wildman–Crippen LogP) is 2.33. The molecule has 0 N–H and O–H groups in total. The summed E-state index contributed by atoms with van der Waals surface area (Å²) in [4.78, 5) is 31.2. The van der Waals surface area contributed by atoms with Gasteiger partial charge >= 0.3 is 0 Å². The lowest BCUT2D eigenvalue weighted by Crippen LogP contribution is -2.49. The molecule has 1 amide bonds. The molecular weight excluding hydrogens is 478 g/mol. The number of carbonyl (C=O) groups excluding carboxylic acids is 1. The fourth-order valence-corrected chi connectivity index (χ4v) is 4.91. The van der Waals surface area contributed by atoms with Crippen LogP contribution < -0.4 is 4.90 Å². The number of halogens is 1. The van der Waals surface area contributed by atoms with E-state index in [1.165, 1.54) is 44.2 Å². The molecule has 0 aliphatic carbocycles. The van der Waals surface area contributed by atoms with Crippen molar-refractivity contribution in [2.75, 3.05) is 50.9 Å². The molecule has 13 heteroatoms. The van der Waals surface area contributed by atoms with Gasteiger partial charge in [-0.2, -0.15) is 0 Å². The van der Waals surface area contributed by atoms with Gasteiger partial charge in [-0.3, -0.25) is 14.9 Å². The molecule has 1 saturated heterocycles. The summed E-state index contributed by atoms with van der Waals surface area (Å²) in [6.07, 6.45) is 1.28. The largest absolute Gasteiger partial charge is 0.362 e. The lowest BCUT2D eigenvalue weighted by atomic mass is 10.2. The van der Waals surface area contributed by atoms with E-state index in [4.69, 9.17) is 11.6 Å². The number of carbonyl (C=O) groups is 1. The summed E-state index contributed by atoms with van der Waals surface area (Å²) in [5, 5.41) is 12.2. The van der Waals surface area contributed by atoms with Crippen LogP contribution in [0.5, 0.6) is 0 Å². The summed E-state index contributed by atoms with van der Waals surface area (Å²) >= 11 is 7.11. The van der Waals surface area contributed by atoms with Crippen molar-refractivity contribution in [3.63, 3.8) is 0 Å². The Bertz CT molecular complexity index is 1100. The van der Waals surface area contributed by atoms with E-state index in [1.807, 2.05) is 4.90 Å². The first kappa shape index (κ1) is 24.2. The van der Waals surface area contributed by atoms with Crippen molar-refractivity contribution >= 4 is 50.7 Å². The second kappa shape index (κ2) is 10.0. The van der Waals surface area contributed by atoms with E-state index in [0.717, 1.165) is 4.31 Å². The van der Waals surface area contributed by atoms with Crippen LogP contribution in [0.1, 0.15) is 0 Å². The van der Waals surface area contributed by atoms with Gasteiger partial charge in [0.05, 0.1) is 15.7 Å². The standard InChI is InChI=1S/C19H22ClN5O5S2/c1-22(2)32(29,30)15-4-6-18(21-12-15)31-13-19(26)24-9-7-23(8-10-24)16-5-3-14(20)11-17(16)25(27)28/h3-6,11-12H,7-10,13H2,1-2H3. The molecule has 0 radical (unpaired) electrons. The second-order valence-corrected chi connectivity index (χ2v) is 10.8. The third-order valence-corrected chi connectivity index (χ3v) is 7.90. The number of anilines is 1.